The standard InChI is InChI=1S/C8H15N3/c1-7(2)10-8-5-11(6-8)4-3-9/h7-8,10H,4-6H2,1-2H3. The zero-order valence-corrected chi connectivity index (χ0v) is 7.17. The zero-order chi connectivity index (χ0) is 8.27. The van der Waals surface area contributed by atoms with Gasteiger partial charge in [0.25, 0.3) is 0 Å². The van der Waals surface area contributed by atoms with Crippen molar-refractivity contribution in [1.29, 1.82) is 5.26 Å². The van der Waals surface area contributed by atoms with E-state index in [2.05, 4.69) is 30.1 Å². The second-order valence-corrected chi connectivity index (χ2v) is 3.37. The van der Waals surface area contributed by atoms with Crippen LogP contribution in [0.1, 0.15) is 13.8 Å². The lowest BCUT2D eigenvalue weighted by Gasteiger charge is -2.39. The minimum absolute atomic E-state index is 0.559. The summed E-state index contributed by atoms with van der Waals surface area (Å²) >= 11 is 0. The summed E-state index contributed by atoms with van der Waals surface area (Å²) < 4.78 is 0. The quantitative estimate of drug-likeness (QED) is 0.588. The Labute approximate surface area is 68.0 Å². The van der Waals surface area contributed by atoms with E-state index < -0.39 is 0 Å². The average molecular weight is 153 g/mol. The van der Waals surface area contributed by atoms with Crippen molar-refractivity contribution < 1.29 is 0 Å². The molecule has 0 radical (unpaired) electrons. The minimum Gasteiger partial charge on any atom is -0.309 e. The highest BCUT2D eigenvalue weighted by molar-refractivity contribution is 4.91. The van der Waals surface area contributed by atoms with Crippen LogP contribution in [0.25, 0.3) is 0 Å². The van der Waals surface area contributed by atoms with E-state index in [-0.39, 0.29) is 0 Å². The molecule has 1 saturated heterocycles. The third kappa shape index (κ3) is 2.49. The molecule has 0 aromatic rings. The lowest BCUT2D eigenvalue weighted by Crippen LogP contribution is -2.59. The van der Waals surface area contributed by atoms with Gasteiger partial charge in [0.1, 0.15) is 0 Å². The topological polar surface area (TPSA) is 39.1 Å². The molecule has 1 aliphatic heterocycles. The van der Waals surface area contributed by atoms with Crippen LogP contribution in [0.2, 0.25) is 0 Å². The summed E-state index contributed by atoms with van der Waals surface area (Å²) in [4.78, 5) is 2.14. The van der Waals surface area contributed by atoms with Crippen LogP contribution >= 0.6 is 0 Å². The number of nitriles is 1. The zero-order valence-electron chi connectivity index (χ0n) is 7.17. The lowest BCUT2D eigenvalue weighted by molar-refractivity contribution is 0.138. The van der Waals surface area contributed by atoms with Crippen LogP contribution in [0.3, 0.4) is 0 Å². The Morgan fingerprint density at radius 1 is 1.64 bits per heavy atom. The summed E-state index contributed by atoms with van der Waals surface area (Å²) in [5.74, 6) is 0. The molecule has 1 heterocycles. The molecule has 3 heteroatoms. The first kappa shape index (κ1) is 8.51. The molecule has 3 nitrogen and oxygen atoms in total. The summed E-state index contributed by atoms with van der Waals surface area (Å²) in [6.45, 7) is 6.94. The first-order valence-electron chi connectivity index (χ1n) is 4.07. The van der Waals surface area contributed by atoms with Gasteiger partial charge in [-0.3, -0.25) is 4.90 Å². The van der Waals surface area contributed by atoms with Crippen molar-refractivity contribution in [2.45, 2.75) is 25.9 Å². The number of hydrogen-bond acceptors (Lipinski definition) is 3. The van der Waals surface area contributed by atoms with Crippen molar-refractivity contribution in [1.82, 2.24) is 10.2 Å². The molecule has 1 aliphatic rings. The van der Waals surface area contributed by atoms with Gasteiger partial charge in [-0.05, 0) is 0 Å². The van der Waals surface area contributed by atoms with Gasteiger partial charge >= 0.3 is 0 Å². The summed E-state index contributed by atoms with van der Waals surface area (Å²) in [6, 6.07) is 3.32. The molecule has 11 heavy (non-hydrogen) atoms. The van der Waals surface area contributed by atoms with E-state index in [9.17, 15) is 0 Å². The Balaban J connectivity index is 2.06. The van der Waals surface area contributed by atoms with Gasteiger partial charge in [-0.25, -0.2) is 0 Å². The Bertz CT molecular complexity index is 153. The maximum atomic E-state index is 8.36. The Kier molecular flexibility index (Phi) is 2.86. The molecule has 1 N–H and O–H groups in total. The molecule has 1 fully saturated rings. The van der Waals surface area contributed by atoms with Crippen molar-refractivity contribution in [3.05, 3.63) is 0 Å². The van der Waals surface area contributed by atoms with E-state index in [4.69, 9.17) is 5.26 Å². The third-order valence-electron chi connectivity index (χ3n) is 1.82. The largest absolute Gasteiger partial charge is 0.309 e. The Morgan fingerprint density at radius 3 is 2.73 bits per heavy atom. The molecule has 0 aromatic carbocycles. The molecular formula is C8H15N3. The average Bonchev–Trinajstić information content (AvgIpc) is 1.82. The number of rotatable bonds is 3. The van der Waals surface area contributed by atoms with Crippen LogP contribution in [0.5, 0.6) is 0 Å². The van der Waals surface area contributed by atoms with E-state index >= 15 is 0 Å². The second kappa shape index (κ2) is 3.70. The third-order valence-corrected chi connectivity index (χ3v) is 1.82. The van der Waals surface area contributed by atoms with Gasteiger partial charge in [-0.1, -0.05) is 13.8 Å². The van der Waals surface area contributed by atoms with Gasteiger partial charge in [0.2, 0.25) is 0 Å². The van der Waals surface area contributed by atoms with Crippen molar-refractivity contribution >= 4 is 0 Å². The van der Waals surface area contributed by atoms with E-state index in [1.807, 2.05) is 0 Å². The van der Waals surface area contributed by atoms with Crippen LogP contribution in [-0.2, 0) is 0 Å². The van der Waals surface area contributed by atoms with Crippen molar-refractivity contribution in [2.24, 2.45) is 0 Å². The molecule has 0 saturated carbocycles. The number of nitrogens with one attached hydrogen (secondary N) is 1. The maximum absolute atomic E-state index is 8.36. The van der Waals surface area contributed by atoms with Crippen LogP contribution in [0, 0.1) is 11.3 Å². The van der Waals surface area contributed by atoms with Gasteiger partial charge < -0.3 is 5.32 Å². The monoisotopic (exact) mass is 153 g/mol. The Hall–Kier alpha value is -0.590. The van der Waals surface area contributed by atoms with E-state index in [0.717, 1.165) is 13.1 Å². The lowest BCUT2D eigenvalue weighted by atomic mass is 10.1. The SMILES string of the molecule is CC(C)NC1CN(CC#N)C1. The molecule has 62 valence electrons. The van der Waals surface area contributed by atoms with E-state index in [1.54, 1.807) is 0 Å². The first-order chi connectivity index (χ1) is 5.22. The molecule has 0 aromatic heterocycles. The smallest absolute Gasteiger partial charge is 0.0867 e. The normalized spacial score (nSPS) is 19.8. The summed E-state index contributed by atoms with van der Waals surface area (Å²) in [7, 11) is 0. The molecule has 0 atom stereocenters. The predicted octanol–water partition coefficient (Wildman–Crippen LogP) is 0.192. The fourth-order valence-corrected chi connectivity index (χ4v) is 1.38. The van der Waals surface area contributed by atoms with Gasteiger partial charge in [-0.2, -0.15) is 5.26 Å². The number of likely N-dealkylation sites (tertiary alicyclic amines) is 1. The summed E-state index contributed by atoms with van der Waals surface area (Å²) in [6.07, 6.45) is 0. The van der Waals surface area contributed by atoms with E-state index in [0.29, 0.717) is 18.6 Å². The highest BCUT2D eigenvalue weighted by Crippen LogP contribution is 2.06. The van der Waals surface area contributed by atoms with Crippen LogP contribution < -0.4 is 5.32 Å². The van der Waals surface area contributed by atoms with Gasteiger partial charge in [0.05, 0.1) is 12.6 Å². The van der Waals surface area contributed by atoms with Crippen molar-refractivity contribution in [2.75, 3.05) is 19.6 Å². The number of nitrogens with zero attached hydrogens (tertiary/aromatic N) is 2. The molecule has 0 amide bonds. The van der Waals surface area contributed by atoms with E-state index in [1.165, 1.54) is 0 Å². The van der Waals surface area contributed by atoms with Gasteiger partial charge in [0, 0.05) is 25.2 Å². The van der Waals surface area contributed by atoms with Crippen molar-refractivity contribution in [3.63, 3.8) is 0 Å². The predicted molar refractivity (Wildman–Crippen MR) is 44.1 cm³/mol. The summed E-state index contributed by atoms with van der Waals surface area (Å²) in [5.41, 5.74) is 0. The van der Waals surface area contributed by atoms with Crippen molar-refractivity contribution in [3.8, 4) is 6.07 Å². The second-order valence-electron chi connectivity index (χ2n) is 3.37. The molecule has 0 unspecified atom stereocenters. The highest BCUT2D eigenvalue weighted by atomic mass is 15.2. The summed E-state index contributed by atoms with van der Waals surface area (Å²) in [5, 5.41) is 11.8. The highest BCUT2D eigenvalue weighted by Gasteiger charge is 2.25. The fraction of sp³-hybridized carbons (Fsp3) is 0.875. The fourth-order valence-electron chi connectivity index (χ4n) is 1.38. The van der Waals surface area contributed by atoms with Crippen LogP contribution in [0.4, 0.5) is 0 Å². The molecular weight excluding hydrogens is 138 g/mol. The van der Waals surface area contributed by atoms with Crippen LogP contribution in [-0.4, -0.2) is 36.6 Å². The first-order valence-corrected chi connectivity index (χ1v) is 4.07. The molecule has 0 spiro atoms. The molecule has 0 bridgehead atoms. The number of hydrogen-bond donors (Lipinski definition) is 1. The van der Waals surface area contributed by atoms with Crippen LogP contribution in [0.15, 0.2) is 0 Å². The van der Waals surface area contributed by atoms with Gasteiger partial charge in [-0.15, -0.1) is 0 Å². The molecule has 0 aliphatic carbocycles. The maximum Gasteiger partial charge on any atom is 0.0867 e. The van der Waals surface area contributed by atoms with Gasteiger partial charge in [0.15, 0.2) is 0 Å². The molecule has 1 rings (SSSR count). The Morgan fingerprint density at radius 2 is 2.27 bits per heavy atom. The minimum atomic E-state index is 0.559.